The molecule has 1 aliphatic heterocycles. The molecule has 1 aromatic carbocycles. The van der Waals surface area contributed by atoms with Gasteiger partial charge in [0.25, 0.3) is 6.85 Å². The van der Waals surface area contributed by atoms with Gasteiger partial charge in [0.1, 0.15) is 0 Å². The van der Waals surface area contributed by atoms with Gasteiger partial charge in [-0.25, -0.2) is 0 Å². The molecule has 1 aliphatic rings. The van der Waals surface area contributed by atoms with E-state index in [9.17, 15) is 0 Å². The van der Waals surface area contributed by atoms with E-state index in [0.717, 1.165) is 0 Å². The maximum Gasteiger partial charge on any atom is 0.254 e. The van der Waals surface area contributed by atoms with Gasteiger partial charge in [-0.3, -0.25) is 0 Å². The van der Waals surface area contributed by atoms with E-state index in [0.29, 0.717) is 6.85 Å². The zero-order chi connectivity index (χ0) is 9.80. The van der Waals surface area contributed by atoms with E-state index in [-0.39, 0.29) is 11.0 Å². The number of hydrogen-bond donors (Lipinski definition) is 0. The maximum absolute atomic E-state index is 2.60. The molecule has 0 aliphatic carbocycles. The Morgan fingerprint density at radius 1 is 0.938 bits per heavy atom. The first-order chi connectivity index (χ1) is 6.88. The van der Waals surface area contributed by atoms with Crippen LogP contribution in [0.4, 0.5) is 0 Å². The van der Waals surface area contributed by atoms with Gasteiger partial charge in [0, 0.05) is 0 Å². The minimum Gasteiger partial charge on any atom is -0.412 e. The molecule has 0 radical (unpaired) electrons. The average Bonchev–Trinajstić information content (AvgIpc) is 2.30. The third-order valence-corrected chi connectivity index (χ3v) is 3.22. The van der Waals surface area contributed by atoms with Crippen molar-refractivity contribution in [3.05, 3.63) is 30.3 Å². The van der Waals surface area contributed by atoms with Crippen LogP contribution in [0.25, 0.3) is 0 Å². The normalized spacial score (nSPS) is 15.8. The molecule has 3 nitrogen and oxygen atoms in total. The lowest BCUT2D eigenvalue weighted by Gasteiger charge is -2.30. The van der Waals surface area contributed by atoms with E-state index in [1.54, 1.807) is 0 Å². The van der Waals surface area contributed by atoms with Crippen molar-refractivity contribution in [2.24, 2.45) is 0 Å². The first kappa shape index (κ1) is 15.2. The molecule has 0 spiro atoms. The lowest BCUT2D eigenvalue weighted by molar-refractivity contribution is 0.356. The smallest absolute Gasteiger partial charge is 0.254 e. The summed E-state index contributed by atoms with van der Waals surface area (Å²) in [6.07, 6.45) is 4.16. The van der Waals surface area contributed by atoms with Crippen LogP contribution < -0.4 is 5.46 Å². The molecular weight excluding hydrogens is 201 g/mol. The molecular formula is C12H22BNO2. The Balaban J connectivity index is 0.00000112. The first-order valence-electron chi connectivity index (χ1n) is 5.67. The predicted molar refractivity (Wildman–Crippen MR) is 70.3 cm³/mol. The van der Waals surface area contributed by atoms with Crippen LogP contribution >= 0.6 is 0 Å². The fourth-order valence-electron chi connectivity index (χ4n) is 2.25. The van der Waals surface area contributed by atoms with Crippen LogP contribution in [0.2, 0.25) is 6.82 Å². The van der Waals surface area contributed by atoms with E-state index in [2.05, 4.69) is 42.0 Å². The molecule has 2 rings (SSSR count). The molecule has 0 amide bonds. The minimum absolute atomic E-state index is 0. The molecule has 1 saturated heterocycles. The molecule has 4 heteroatoms. The second-order valence-corrected chi connectivity index (χ2v) is 4.18. The Morgan fingerprint density at radius 2 is 1.50 bits per heavy atom. The van der Waals surface area contributed by atoms with Gasteiger partial charge >= 0.3 is 0 Å². The van der Waals surface area contributed by atoms with Crippen LogP contribution in [0, 0.1) is 0 Å². The van der Waals surface area contributed by atoms with Crippen LogP contribution in [0.5, 0.6) is 0 Å². The van der Waals surface area contributed by atoms with Gasteiger partial charge in [-0.15, -0.1) is 0 Å². The van der Waals surface area contributed by atoms with Crippen LogP contribution in [0.15, 0.2) is 30.3 Å². The van der Waals surface area contributed by atoms with Crippen molar-refractivity contribution >= 4 is 12.3 Å². The fourth-order valence-corrected chi connectivity index (χ4v) is 2.25. The van der Waals surface area contributed by atoms with Crippen molar-refractivity contribution in [1.82, 2.24) is 4.81 Å². The summed E-state index contributed by atoms with van der Waals surface area (Å²) in [5.41, 5.74) is 1.45. The van der Waals surface area contributed by atoms with E-state index in [1.807, 2.05) is 0 Å². The Hall–Kier alpha value is -0.835. The summed E-state index contributed by atoms with van der Waals surface area (Å²) in [7, 11) is 0. The predicted octanol–water partition coefficient (Wildman–Crippen LogP) is 0.351. The van der Waals surface area contributed by atoms with Crippen molar-refractivity contribution in [3.8, 4) is 0 Å². The molecule has 16 heavy (non-hydrogen) atoms. The second-order valence-electron chi connectivity index (χ2n) is 4.18. The number of nitrogens with zero attached hydrogens (tertiary/aromatic N) is 1. The van der Waals surface area contributed by atoms with E-state index >= 15 is 0 Å². The van der Waals surface area contributed by atoms with Gasteiger partial charge in [-0.05, 0) is 25.9 Å². The number of benzene rings is 1. The first-order valence-corrected chi connectivity index (χ1v) is 5.67. The summed E-state index contributed by atoms with van der Waals surface area (Å²) in [6, 6.07) is 10.8. The lowest BCUT2D eigenvalue weighted by Crippen LogP contribution is -2.48. The Morgan fingerprint density at radius 3 is 2.06 bits per heavy atom. The van der Waals surface area contributed by atoms with Gasteiger partial charge in [0.15, 0.2) is 0 Å². The van der Waals surface area contributed by atoms with Crippen molar-refractivity contribution < 1.29 is 11.0 Å². The average molecular weight is 223 g/mol. The molecule has 0 bridgehead atoms. The van der Waals surface area contributed by atoms with Gasteiger partial charge < -0.3 is 15.8 Å². The molecule has 4 N–H and O–H groups in total. The van der Waals surface area contributed by atoms with Gasteiger partial charge in [0.05, 0.1) is 0 Å². The van der Waals surface area contributed by atoms with Gasteiger partial charge in [0.2, 0.25) is 0 Å². The van der Waals surface area contributed by atoms with E-state index in [4.69, 9.17) is 0 Å². The number of piperidine rings is 1. The highest BCUT2D eigenvalue weighted by Gasteiger charge is 2.20. The van der Waals surface area contributed by atoms with Crippen LogP contribution in [-0.2, 0) is 0 Å². The fraction of sp³-hybridized carbons (Fsp3) is 0.500. The van der Waals surface area contributed by atoms with Crippen molar-refractivity contribution in [2.45, 2.75) is 26.1 Å². The topological polar surface area (TPSA) is 66.2 Å². The standard InChI is InChI=1S/C12H18BN.2H2O/c1-13(12-8-4-2-5-9-12)14-10-6-3-7-11-14;;/h2,4-5,8-9H,3,6-7,10-11H2,1H3;2*1H2. The summed E-state index contributed by atoms with van der Waals surface area (Å²) in [5, 5.41) is 0. The molecule has 0 saturated carbocycles. The molecule has 90 valence electrons. The Kier molecular flexibility index (Phi) is 7.05. The van der Waals surface area contributed by atoms with E-state index in [1.165, 1.54) is 37.8 Å². The Bertz CT molecular complexity index is 276. The summed E-state index contributed by atoms with van der Waals surface area (Å²) < 4.78 is 0. The van der Waals surface area contributed by atoms with Gasteiger partial charge in [-0.1, -0.05) is 49.0 Å². The summed E-state index contributed by atoms with van der Waals surface area (Å²) in [6.45, 7) is 5.46. The van der Waals surface area contributed by atoms with Crippen LogP contribution in [0.1, 0.15) is 19.3 Å². The van der Waals surface area contributed by atoms with Crippen LogP contribution in [0.3, 0.4) is 0 Å². The third kappa shape index (κ3) is 3.63. The lowest BCUT2D eigenvalue weighted by atomic mass is 9.56. The molecule has 0 aromatic heterocycles. The summed E-state index contributed by atoms with van der Waals surface area (Å²) >= 11 is 0. The third-order valence-electron chi connectivity index (χ3n) is 3.22. The Labute approximate surface area is 98.2 Å². The van der Waals surface area contributed by atoms with Crippen molar-refractivity contribution in [3.63, 3.8) is 0 Å². The summed E-state index contributed by atoms with van der Waals surface area (Å²) in [4.78, 5) is 2.60. The highest BCUT2D eigenvalue weighted by molar-refractivity contribution is 6.69. The SMILES string of the molecule is CB(c1ccccc1)N1CCCCC1.O.O. The molecule has 0 atom stereocenters. The van der Waals surface area contributed by atoms with E-state index < -0.39 is 0 Å². The minimum atomic E-state index is 0. The van der Waals surface area contributed by atoms with Crippen molar-refractivity contribution in [2.75, 3.05) is 13.1 Å². The monoisotopic (exact) mass is 223 g/mol. The quantitative estimate of drug-likeness (QED) is 0.667. The summed E-state index contributed by atoms with van der Waals surface area (Å²) in [5.74, 6) is 0. The molecule has 0 unspecified atom stereocenters. The largest absolute Gasteiger partial charge is 0.412 e. The maximum atomic E-state index is 2.60. The molecule has 1 fully saturated rings. The van der Waals surface area contributed by atoms with Crippen LogP contribution in [-0.4, -0.2) is 35.7 Å². The molecule has 1 heterocycles. The van der Waals surface area contributed by atoms with Gasteiger partial charge in [-0.2, -0.15) is 0 Å². The number of rotatable bonds is 2. The zero-order valence-corrected chi connectivity index (χ0v) is 9.95. The highest BCUT2D eigenvalue weighted by Crippen LogP contribution is 2.10. The molecule has 1 aromatic rings. The zero-order valence-electron chi connectivity index (χ0n) is 9.95. The second kappa shape index (κ2) is 7.44. The highest BCUT2D eigenvalue weighted by atomic mass is 16.0. The van der Waals surface area contributed by atoms with Crippen molar-refractivity contribution in [1.29, 1.82) is 0 Å². The number of hydrogen-bond acceptors (Lipinski definition) is 1.